The Morgan fingerprint density at radius 3 is 1.74 bits per heavy atom. The summed E-state index contributed by atoms with van der Waals surface area (Å²) in [7, 11) is 0. The van der Waals surface area contributed by atoms with Gasteiger partial charge in [-0.25, -0.2) is 4.42 Å². The van der Waals surface area contributed by atoms with Crippen LogP contribution in [0.5, 0.6) is 28.7 Å². The zero-order valence-electron chi connectivity index (χ0n) is 22.1. The second-order valence-electron chi connectivity index (χ2n) is 10.1. The van der Waals surface area contributed by atoms with Gasteiger partial charge >= 0.3 is 11.3 Å². The van der Waals surface area contributed by atoms with E-state index < -0.39 is 86.1 Å². The number of rotatable bonds is 7. The number of phenols is 3. The number of aliphatic hydroxyl groups excluding tert-OH is 8. The molecule has 0 amide bonds. The van der Waals surface area contributed by atoms with Crippen molar-refractivity contribution in [1.82, 2.24) is 0 Å². The zero-order chi connectivity index (χ0) is 31.2. The summed E-state index contributed by atoms with van der Waals surface area (Å²) in [4.78, 5) is 0. The molecule has 10 atom stereocenters. The van der Waals surface area contributed by atoms with Crippen LogP contribution in [0.3, 0.4) is 0 Å². The third-order valence-corrected chi connectivity index (χ3v) is 7.22. The van der Waals surface area contributed by atoms with E-state index in [0.29, 0.717) is 0 Å². The molecule has 1 aromatic heterocycles. The van der Waals surface area contributed by atoms with Gasteiger partial charge in [-0.15, -0.1) is 0 Å². The van der Waals surface area contributed by atoms with Crippen molar-refractivity contribution >= 4 is 11.0 Å². The van der Waals surface area contributed by atoms with Crippen molar-refractivity contribution in [1.29, 1.82) is 0 Å². The Balaban J connectivity index is 1.55. The molecule has 2 aliphatic heterocycles. The van der Waals surface area contributed by atoms with Crippen LogP contribution in [-0.2, 0) is 9.47 Å². The Morgan fingerprint density at radius 2 is 1.19 bits per heavy atom. The van der Waals surface area contributed by atoms with Gasteiger partial charge in [-0.05, 0) is 12.1 Å². The molecule has 11 N–H and O–H groups in total. The van der Waals surface area contributed by atoms with Crippen LogP contribution in [0.25, 0.3) is 22.3 Å². The summed E-state index contributed by atoms with van der Waals surface area (Å²) in [6.07, 6.45) is -16.3. The normalized spacial score (nSPS) is 32.9. The van der Waals surface area contributed by atoms with E-state index in [1.54, 1.807) is 0 Å². The highest BCUT2D eigenvalue weighted by molar-refractivity contribution is 5.88. The van der Waals surface area contributed by atoms with Gasteiger partial charge in [0.15, 0.2) is 11.5 Å². The number of fused-ring (bicyclic) bond motifs is 1. The summed E-state index contributed by atoms with van der Waals surface area (Å²) in [6.45, 7) is -1.44. The van der Waals surface area contributed by atoms with Crippen molar-refractivity contribution in [2.45, 2.75) is 61.4 Å². The number of aliphatic hydroxyl groups is 8. The fraction of sp³-hybridized carbons (Fsp3) is 0.444. The van der Waals surface area contributed by atoms with E-state index in [9.17, 15) is 56.2 Å². The molecule has 0 saturated carbocycles. The molecule has 2 aliphatic rings. The third kappa shape index (κ3) is 5.85. The molecule has 2 saturated heterocycles. The van der Waals surface area contributed by atoms with E-state index in [1.807, 2.05) is 0 Å². The van der Waals surface area contributed by atoms with Crippen LogP contribution in [0.15, 0.2) is 40.8 Å². The Labute approximate surface area is 242 Å². The first kappa shape index (κ1) is 30.9. The van der Waals surface area contributed by atoms with Crippen LogP contribution in [-0.4, -0.2) is 131 Å². The van der Waals surface area contributed by atoms with Crippen molar-refractivity contribution < 1.29 is 79.5 Å². The molecule has 234 valence electrons. The van der Waals surface area contributed by atoms with Crippen LogP contribution >= 0.6 is 0 Å². The minimum absolute atomic E-state index is 0.0395. The second-order valence-corrected chi connectivity index (χ2v) is 10.1. The first-order valence-corrected chi connectivity index (χ1v) is 13.0. The lowest BCUT2D eigenvalue weighted by molar-refractivity contribution is -0.277. The average Bonchev–Trinajstić information content (AvgIpc) is 2.98. The number of ether oxygens (including phenoxy) is 4. The summed E-state index contributed by atoms with van der Waals surface area (Å²) in [5.41, 5.74) is 0.0554. The molecular weight excluding hydrogens is 580 g/mol. The molecule has 0 spiro atoms. The molecule has 3 heterocycles. The van der Waals surface area contributed by atoms with Gasteiger partial charge in [-0.3, -0.25) is 0 Å². The molecule has 43 heavy (non-hydrogen) atoms. The third-order valence-electron chi connectivity index (χ3n) is 7.22. The van der Waals surface area contributed by atoms with Gasteiger partial charge in [0.2, 0.25) is 18.3 Å². The molecule has 3 aromatic rings. The molecule has 0 aliphatic carbocycles. The van der Waals surface area contributed by atoms with Gasteiger partial charge in [0.05, 0.1) is 24.8 Å². The predicted octanol–water partition coefficient (Wildman–Crippen LogP) is -2.14. The van der Waals surface area contributed by atoms with Crippen molar-refractivity contribution in [2.75, 3.05) is 13.2 Å². The number of benzene rings is 2. The summed E-state index contributed by atoms with van der Waals surface area (Å²) in [5, 5.41) is 111. The van der Waals surface area contributed by atoms with Crippen LogP contribution in [0.1, 0.15) is 0 Å². The van der Waals surface area contributed by atoms with Crippen LogP contribution in [0, 0.1) is 0 Å². The molecule has 0 radical (unpaired) electrons. The van der Waals surface area contributed by atoms with E-state index in [1.165, 1.54) is 24.3 Å². The molecule has 2 fully saturated rings. The summed E-state index contributed by atoms with van der Waals surface area (Å²) >= 11 is 0. The Morgan fingerprint density at radius 1 is 0.628 bits per heavy atom. The predicted molar refractivity (Wildman–Crippen MR) is 140 cm³/mol. The molecule has 5 rings (SSSR count). The van der Waals surface area contributed by atoms with Crippen LogP contribution in [0.2, 0.25) is 0 Å². The fourth-order valence-electron chi connectivity index (χ4n) is 4.80. The first-order chi connectivity index (χ1) is 20.4. The number of hydrogen-bond acceptors (Lipinski definition) is 15. The van der Waals surface area contributed by atoms with E-state index in [4.69, 9.17) is 23.4 Å². The maximum absolute atomic E-state index is 10.5. The van der Waals surface area contributed by atoms with Gasteiger partial charge in [-0.1, -0.05) is 0 Å². The lowest BCUT2D eigenvalue weighted by Crippen LogP contribution is -2.60. The summed E-state index contributed by atoms with van der Waals surface area (Å²) in [6, 6.07) is 7.17. The van der Waals surface area contributed by atoms with Gasteiger partial charge in [0.1, 0.15) is 65.7 Å². The smallest absolute Gasteiger partial charge is 0.402 e. The van der Waals surface area contributed by atoms with Gasteiger partial charge in [0, 0.05) is 18.2 Å². The van der Waals surface area contributed by atoms with E-state index in [0.717, 1.165) is 12.1 Å². The highest BCUT2D eigenvalue weighted by Gasteiger charge is 2.47. The maximum atomic E-state index is 10.5. The molecule has 2 aromatic carbocycles. The Hall–Kier alpha value is -3.55. The zero-order valence-corrected chi connectivity index (χ0v) is 22.1. The first-order valence-electron chi connectivity index (χ1n) is 13.0. The number of aromatic hydroxyl groups is 3. The van der Waals surface area contributed by atoms with Crippen molar-refractivity contribution in [3.8, 4) is 40.1 Å². The maximum Gasteiger partial charge on any atom is 0.402 e. The monoisotopic (exact) mass is 611 g/mol. The lowest BCUT2D eigenvalue weighted by atomic mass is 9.99. The number of phenolic OH excluding ortho intramolecular Hbond substituents is 3. The molecule has 0 bridgehead atoms. The standard InChI is InChI=1S/C27H30O16/c28-7-17-19(33)21(35)23(37)26(42-17)40-15-3-9(1-2-12(15)31)25-16(6-11-13(32)4-10(30)5-14(11)39-25)41-27-24(38)22(36)20(34)18(8-29)43-27/h1-6,17-24,26-29,33-38H,7-8H2,(H2-,30,31,32)/p+1. The van der Waals surface area contributed by atoms with Crippen molar-refractivity contribution in [3.63, 3.8) is 0 Å². The quantitative estimate of drug-likeness (QED) is 0.127. The molecular formula is C27H31O16+. The van der Waals surface area contributed by atoms with Gasteiger partial charge in [-0.2, -0.15) is 0 Å². The fourth-order valence-corrected chi connectivity index (χ4v) is 4.80. The number of hydrogen-bond donors (Lipinski definition) is 11. The van der Waals surface area contributed by atoms with Gasteiger partial charge < -0.3 is 75.1 Å². The van der Waals surface area contributed by atoms with Crippen molar-refractivity contribution in [2.24, 2.45) is 0 Å². The minimum atomic E-state index is -1.81. The Kier molecular flexibility index (Phi) is 8.77. The molecule has 16 heteroatoms. The largest absolute Gasteiger partial charge is 0.507 e. The molecule has 10 unspecified atom stereocenters. The lowest BCUT2D eigenvalue weighted by Gasteiger charge is -2.39. The summed E-state index contributed by atoms with van der Waals surface area (Å²) in [5.74, 6) is -1.93. The van der Waals surface area contributed by atoms with Crippen LogP contribution < -0.4 is 9.47 Å². The van der Waals surface area contributed by atoms with E-state index in [2.05, 4.69) is 0 Å². The van der Waals surface area contributed by atoms with Crippen molar-refractivity contribution in [3.05, 3.63) is 36.4 Å². The minimum Gasteiger partial charge on any atom is -0.507 e. The molecule has 16 nitrogen and oxygen atoms in total. The van der Waals surface area contributed by atoms with Crippen LogP contribution in [0.4, 0.5) is 0 Å². The van der Waals surface area contributed by atoms with Gasteiger partial charge in [0.25, 0.3) is 0 Å². The Bertz CT molecular complexity index is 1450. The van der Waals surface area contributed by atoms with E-state index in [-0.39, 0.29) is 39.5 Å². The summed E-state index contributed by atoms with van der Waals surface area (Å²) < 4.78 is 28.1. The van der Waals surface area contributed by atoms with E-state index >= 15 is 0 Å². The SMILES string of the molecule is OCC1OC(Oc2cc(-c3[o+]c4cc(O)cc(O)c4cc3OC3OC(CO)C(O)C(O)C3O)ccc2O)C(O)C(O)C1O. The second kappa shape index (κ2) is 12.2. The highest BCUT2D eigenvalue weighted by Crippen LogP contribution is 2.43. The highest BCUT2D eigenvalue weighted by atomic mass is 16.7. The average molecular weight is 612 g/mol. The topological polar surface area (TPSA) is 271 Å².